The monoisotopic (exact) mass is 193 g/mol. The fourth-order valence-corrected chi connectivity index (χ4v) is 1.25. The number of aryl methyl sites for hydroxylation is 1. The van der Waals surface area contributed by atoms with Gasteiger partial charge in [0.25, 0.3) is 6.01 Å². The fraction of sp³-hybridized carbons (Fsp3) is 0.375. The molecular weight excluding hydrogens is 182 g/mol. The molecule has 6 heteroatoms. The number of hydrogen-bond acceptors (Lipinski definition) is 5. The standard InChI is InChI=1S/C8H11N5O/c1-3-14-8-12-5-6(9)10-4-11-7(5)13(8)2/h4H,3H2,1-2H3,(H2,9,10,11). The van der Waals surface area contributed by atoms with Gasteiger partial charge in [-0.15, -0.1) is 0 Å². The van der Waals surface area contributed by atoms with E-state index < -0.39 is 0 Å². The number of nitrogen functional groups attached to an aromatic ring is 1. The molecule has 0 aliphatic carbocycles. The molecule has 6 nitrogen and oxygen atoms in total. The van der Waals surface area contributed by atoms with Crippen molar-refractivity contribution in [3.63, 3.8) is 0 Å². The Bertz CT molecular complexity index is 464. The van der Waals surface area contributed by atoms with E-state index in [-0.39, 0.29) is 0 Å². The molecule has 0 fully saturated rings. The SMILES string of the molecule is CCOc1nc2c(N)ncnc2n1C. The minimum absolute atomic E-state index is 0.372. The molecule has 0 aliphatic heterocycles. The van der Waals surface area contributed by atoms with Gasteiger partial charge in [-0.3, -0.25) is 4.57 Å². The Labute approximate surface area is 80.7 Å². The normalized spacial score (nSPS) is 10.7. The third-order valence-electron chi connectivity index (χ3n) is 1.92. The minimum Gasteiger partial charge on any atom is -0.465 e. The molecule has 74 valence electrons. The predicted octanol–water partition coefficient (Wildman–Crippen LogP) is 0.344. The second-order valence-corrected chi connectivity index (χ2v) is 2.82. The highest BCUT2D eigenvalue weighted by atomic mass is 16.5. The first-order valence-electron chi connectivity index (χ1n) is 4.29. The Morgan fingerprint density at radius 2 is 2.29 bits per heavy atom. The van der Waals surface area contributed by atoms with Gasteiger partial charge in [-0.25, -0.2) is 9.97 Å². The summed E-state index contributed by atoms with van der Waals surface area (Å²) >= 11 is 0. The van der Waals surface area contributed by atoms with E-state index in [1.54, 1.807) is 4.57 Å². The van der Waals surface area contributed by atoms with Gasteiger partial charge in [0.1, 0.15) is 6.33 Å². The van der Waals surface area contributed by atoms with Crippen molar-refractivity contribution in [2.75, 3.05) is 12.3 Å². The van der Waals surface area contributed by atoms with Crippen molar-refractivity contribution in [2.45, 2.75) is 6.92 Å². The van der Waals surface area contributed by atoms with Gasteiger partial charge in [0.05, 0.1) is 6.61 Å². The summed E-state index contributed by atoms with van der Waals surface area (Å²) in [6.45, 7) is 2.46. The second-order valence-electron chi connectivity index (χ2n) is 2.82. The van der Waals surface area contributed by atoms with Gasteiger partial charge in [-0.1, -0.05) is 0 Å². The molecular formula is C8H11N5O. The largest absolute Gasteiger partial charge is 0.465 e. The summed E-state index contributed by atoms with van der Waals surface area (Å²) in [5.74, 6) is 0.372. The Kier molecular flexibility index (Phi) is 1.95. The topological polar surface area (TPSA) is 78.8 Å². The van der Waals surface area contributed by atoms with Crippen molar-refractivity contribution in [2.24, 2.45) is 7.05 Å². The minimum atomic E-state index is 0.372. The third-order valence-corrected chi connectivity index (χ3v) is 1.92. The van der Waals surface area contributed by atoms with Gasteiger partial charge in [0.2, 0.25) is 0 Å². The molecule has 0 radical (unpaired) electrons. The van der Waals surface area contributed by atoms with Crippen LogP contribution in [0.15, 0.2) is 6.33 Å². The van der Waals surface area contributed by atoms with Crippen molar-refractivity contribution in [1.82, 2.24) is 19.5 Å². The second kappa shape index (κ2) is 3.13. The number of anilines is 1. The molecule has 14 heavy (non-hydrogen) atoms. The molecule has 0 aliphatic rings. The Morgan fingerprint density at radius 3 is 2.93 bits per heavy atom. The molecule has 0 unspecified atom stereocenters. The molecule has 2 heterocycles. The van der Waals surface area contributed by atoms with Crippen molar-refractivity contribution in [3.05, 3.63) is 6.33 Å². The average Bonchev–Trinajstić information content (AvgIpc) is 2.48. The molecule has 2 aromatic heterocycles. The summed E-state index contributed by atoms with van der Waals surface area (Å²) in [7, 11) is 1.83. The first-order valence-corrected chi connectivity index (χ1v) is 4.29. The molecule has 0 atom stereocenters. The quantitative estimate of drug-likeness (QED) is 0.744. The maximum atomic E-state index is 5.65. The van der Waals surface area contributed by atoms with Gasteiger partial charge in [-0.05, 0) is 6.92 Å². The number of hydrogen-bond donors (Lipinski definition) is 1. The summed E-state index contributed by atoms with van der Waals surface area (Å²) in [6, 6.07) is 0.509. The van der Waals surface area contributed by atoms with Crippen LogP contribution in [0.1, 0.15) is 6.92 Å². The van der Waals surface area contributed by atoms with Crippen molar-refractivity contribution in [3.8, 4) is 6.01 Å². The van der Waals surface area contributed by atoms with E-state index in [1.165, 1.54) is 6.33 Å². The van der Waals surface area contributed by atoms with E-state index in [0.29, 0.717) is 29.6 Å². The molecule has 0 aromatic carbocycles. The van der Waals surface area contributed by atoms with E-state index in [1.807, 2.05) is 14.0 Å². The summed E-state index contributed by atoms with van der Waals surface area (Å²) in [6.07, 6.45) is 1.41. The number of nitrogens with two attached hydrogens (primary N) is 1. The van der Waals surface area contributed by atoms with Crippen molar-refractivity contribution in [1.29, 1.82) is 0 Å². The van der Waals surface area contributed by atoms with E-state index in [0.717, 1.165) is 0 Å². The molecule has 0 spiro atoms. The van der Waals surface area contributed by atoms with Crippen LogP contribution in [0.5, 0.6) is 6.01 Å². The fourth-order valence-electron chi connectivity index (χ4n) is 1.25. The summed E-state index contributed by atoms with van der Waals surface area (Å²) in [4.78, 5) is 12.1. The van der Waals surface area contributed by atoms with E-state index in [9.17, 15) is 0 Å². The van der Waals surface area contributed by atoms with E-state index in [4.69, 9.17) is 10.5 Å². The highest BCUT2D eigenvalue weighted by Crippen LogP contribution is 2.20. The van der Waals surface area contributed by atoms with Crippen LogP contribution >= 0.6 is 0 Å². The first kappa shape index (κ1) is 8.74. The van der Waals surface area contributed by atoms with Gasteiger partial charge in [0, 0.05) is 7.05 Å². The smallest absolute Gasteiger partial charge is 0.298 e. The van der Waals surface area contributed by atoms with Crippen LogP contribution in [0, 0.1) is 0 Å². The zero-order chi connectivity index (χ0) is 10.1. The molecule has 0 saturated heterocycles. The molecule has 0 bridgehead atoms. The van der Waals surface area contributed by atoms with Crippen LogP contribution in [-0.4, -0.2) is 26.1 Å². The maximum Gasteiger partial charge on any atom is 0.298 e. The van der Waals surface area contributed by atoms with Gasteiger partial charge in [0.15, 0.2) is 17.0 Å². The predicted molar refractivity (Wildman–Crippen MR) is 51.9 cm³/mol. The van der Waals surface area contributed by atoms with Crippen LogP contribution in [0.2, 0.25) is 0 Å². The summed E-state index contributed by atoms with van der Waals surface area (Å²) in [5.41, 5.74) is 6.92. The van der Waals surface area contributed by atoms with Crippen LogP contribution in [0.25, 0.3) is 11.2 Å². The van der Waals surface area contributed by atoms with Crippen LogP contribution in [-0.2, 0) is 7.05 Å². The lowest BCUT2D eigenvalue weighted by molar-refractivity contribution is 0.304. The zero-order valence-corrected chi connectivity index (χ0v) is 8.06. The highest BCUT2D eigenvalue weighted by molar-refractivity contribution is 5.82. The Balaban J connectivity index is 2.67. The average molecular weight is 193 g/mol. The Hall–Kier alpha value is -1.85. The Morgan fingerprint density at radius 1 is 1.50 bits per heavy atom. The third kappa shape index (κ3) is 1.15. The van der Waals surface area contributed by atoms with Gasteiger partial charge >= 0.3 is 0 Å². The van der Waals surface area contributed by atoms with Gasteiger partial charge < -0.3 is 10.5 Å². The molecule has 2 rings (SSSR count). The summed E-state index contributed by atoms with van der Waals surface area (Å²) < 4.78 is 7.05. The molecule has 2 aromatic rings. The number of rotatable bonds is 2. The molecule has 0 saturated carbocycles. The lowest BCUT2D eigenvalue weighted by Gasteiger charge is -2.00. The van der Waals surface area contributed by atoms with Crippen LogP contribution in [0.3, 0.4) is 0 Å². The van der Waals surface area contributed by atoms with E-state index >= 15 is 0 Å². The van der Waals surface area contributed by atoms with Crippen LogP contribution < -0.4 is 10.5 Å². The lowest BCUT2D eigenvalue weighted by Crippen LogP contribution is -1.99. The zero-order valence-electron chi connectivity index (χ0n) is 8.06. The number of nitrogens with zero attached hydrogens (tertiary/aromatic N) is 4. The number of fused-ring (bicyclic) bond motifs is 1. The number of ether oxygens (including phenoxy) is 1. The van der Waals surface area contributed by atoms with Crippen LogP contribution in [0.4, 0.5) is 5.82 Å². The maximum absolute atomic E-state index is 5.65. The number of imidazole rings is 1. The van der Waals surface area contributed by atoms with Gasteiger partial charge in [-0.2, -0.15) is 4.98 Å². The molecule has 2 N–H and O–H groups in total. The summed E-state index contributed by atoms with van der Waals surface area (Å²) in [5, 5.41) is 0. The first-order chi connectivity index (χ1) is 6.74. The highest BCUT2D eigenvalue weighted by Gasteiger charge is 2.11. The lowest BCUT2D eigenvalue weighted by atomic mass is 10.5. The number of aromatic nitrogens is 4. The molecule has 0 amide bonds. The van der Waals surface area contributed by atoms with Crippen molar-refractivity contribution >= 4 is 17.0 Å². The van der Waals surface area contributed by atoms with Crippen molar-refractivity contribution < 1.29 is 4.74 Å². The van der Waals surface area contributed by atoms with E-state index in [2.05, 4.69) is 15.0 Å².